The zero-order chi connectivity index (χ0) is 15.7. The average Bonchev–Trinajstić information content (AvgIpc) is 2.88. The molecular formula is C11H19N7O3. The lowest BCUT2D eigenvalue weighted by atomic mass is 10.4. The quantitative estimate of drug-likeness (QED) is 0.379. The van der Waals surface area contributed by atoms with Crippen molar-refractivity contribution in [1.29, 1.82) is 0 Å². The lowest BCUT2D eigenvalue weighted by Gasteiger charge is -2.05. The van der Waals surface area contributed by atoms with Crippen molar-refractivity contribution in [2.24, 2.45) is 5.73 Å². The fourth-order valence-corrected chi connectivity index (χ4v) is 1.40. The lowest BCUT2D eigenvalue weighted by molar-refractivity contribution is -0.122. The predicted molar refractivity (Wildman–Crippen MR) is 72.6 cm³/mol. The van der Waals surface area contributed by atoms with Gasteiger partial charge in [0.2, 0.25) is 17.7 Å². The number of rotatable bonds is 8. The van der Waals surface area contributed by atoms with Crippen LogP contribution in [-0.2, 0) is 27.5 Å². The number of hydrogen-bond donors (Lipinski definition) is 4. The molecule has 0 aromatic carbocycles. The Balaban J connectivity index is 2.28. The number of aromatic nitrogens is 3. The molecule has 0 aliphatic heterocycles. The maximum atomic E-state index is 11.6. The largest absolute Gasteiger partial charge is 0.355 e. The van der Waals surface area contributed by atoms with Gasteiger partial charge in [-0.15, -0.1) is 5.10 Å². The molecule has 116 valence electrons. The molecule has 5 N–H and O–H groups in total. The predicted octanol–water partition coefficient (Wildman–Crippen LogP) is -2.89. The van der Waals surface area contributed by atoms with Crippen LogP contribution in [0.15, 0.2) is 6.20 Å². The molecule has 1 aromatic rings. The van der Waals surface area contributed by atoms with E-state index in [0.29, 0.717) is 18.8 Å². The summed E-state index contributed by atoms with van der Waals surface area (Å²) in [6, 6.07) is 0. The first-order chi connectivity index (χ1) is 10.0. The first-order valence-corrected chi connectivity index (χ1v) is 6.38. The van der Waals surface area contributed by atoms with Gasteiger partial charge in [-0.1, -0.05) is 5.21 Å². The first kappa shape index (κ1) is 16.6. The number of amides is 3. The zero-order valence-corrected chi connectivity index (χ0v) is 11.8. The summed E-state index contributed by atoms with van der Waals surface area (Å²) in [5.41, 5.74) is 5.68. The van der Waals surface area contributed by atoms with Crippen molar-refractivity contribution in [1.82, 2.24) is 30.9 Å². The Bertz CT molecular complexity index is 500. The van der Waals surface area contributed by atoms with E-state index in [9.17, 15) is 14.4 Å². The van der Waals surface area contributed by atoms with Crippen LogP contribution in [0, 0.1) is 0 Å². The smallest absolute Gasteiger partial charge is 0.241 e. The van der Waals surface area contributed by atoms with Crippen LogP contribution in [0.2, 0.25) is 0 Å². The summed E-state index contributed by atoms with van der Waals surface area (Å²) in [5, 5.41) is 15.3. The van der Waals surface area contributed by atoms with E-state index in [1.807, 2.05) is 0 Å². The minimum absolute atomic E-state index is 0.0118. The van der Waals surface area contributed by atoms with Gasteiger partial charge in [-0.05, 0) is 0 Å². The highest BCUT2D eigenvalue weighted by Gasteiger charge is 2.06. The van der Waals surface area contributed by atoms with Crippen LogP contribution in [0.1, 0.15) is 12.6 Å². The third kappa shape index (κ3) is 7.01. The molecule has 0 saturated carbocycles. The van der Waals surface area contributed by atoms with Crippen molar-refractivity contribution >= 4 is 17.7 Å². The van der Waals surface area contributed by atoms with E-state index < -0.39 is 0 Å². The summed E-state index contributed by atoms with van der Waals surface area (Å²) in [6.45, 7) is 2.24. The second-order valence-corrected chi connectivity index (χ2v) is 4.22. The minimum Gasteiger partial charge on any atom is -0.355 e. The van der Waals surface area contributed by atoms with E-state index in [2.05, 4.69) is 26.3 Å². The molecule has 0 aliphatic rings. The SMILES string of the molecule is CC(=O)NCCNC(=O)Cn1cc(CNC(=O)CN)nn1. The number of carbonyl (C=O) groups excluding carboxylic acids is 3. The summed E-state index contributed by atoms with van der Waals surface area (Å²) in [7, 11) is 0. The first-order valence-electron chi connectivity index (χ1n) is 6.38. The van der Waals surface area contributed by atoms with Crippen LogP contribution in [0.3, 0.4) is 0 Å². The number of carbonyl (C=O) groups is 3. The molecule has 0 atom stereocenters. The fourth-order valence-electron chi connectivity index (χ4n) is 1.40. The Morgan fingerprint density at radius 3 is 2.57 bits per heavy atom. The molecule has 10 nitrogen and oxygen atoms in total. The van der Waals surface area contributed by atoms with E-state index in [4.69, 9.17) is 5.73 Å². The maximum absolute atomic E-state index is 11.6. The average molecular weight is 297 g/mol. The molecule has 0 aliphatic carbocycles. The Labute approximate surface area is 121 Å². The molecule has 0 radical (unpaired) electrons. The van der Waals surface area contributed by atoms with Crippen molar-refractivity contribution in [3.8, 4) is 0 Å². The summed E-state index contributed by atoms with van der Waals surface area (Å²) < 4.78 is 1.36. The van der Waals surface area contributed by atoms with Crippen LogP contribution in [0.5, 0.6) is 0 Å². The van der Waals surface area contributed by atoms with Crippen LogP contribution in [-0.4, -0.2) is 52.3 Å². The van der Waals surface area contributed by atoms with Gasteiger partial charge in [-0.2, -0.15) is 0 Å². The highest BCUT2D eigenvalue weighted by atomic mass is 16.2. The van der Waals surface area contributed by atoms with E-state index in [-0.39, 0.29) is 37.4 Å². The molecule has 10 heteroatoms. The number of hydrogen-bond acceptors (Lipinski definition) is 6. The van der Waals surface area contributed by atoms with Crippen LogP contribution in [0.25, 0.3) is 0 Å². The fraction of sp³-hybridized carbons (Fsp3) is 0.545. The Kier molecular flexibility index (Phi) is 6.81. The molecular weight excluding hydrogens is 278 g/mol. The number of nitrogens with one attached hydrogen (secondary N) is 3. The van der Waals surface area contributed by atoms with Crippen LogP contribution in [0.4, 0.5) is 0 Å². The van der Waals surface area contributed by atoms with Gasteiger partial charge in [0.1, 0.15) is 12.2 Å². The normalized spacial score (nSPS) is 10.0. The second kappa shape index (κ2) is 8.64. The standard InChI is InChI=1S/C11H19N7O3/c1-8(19)13-2-3-14-11(21)7-18-6-9(16-17-18)5-15-10(20)4-12/h6H,2-5,7,12H2,1H3,(H,13,19)(H,14,21)(H,15,20). The molecule has 0 spiro atoms. The highest BCUT2D eigenvalue weighted by molar-refractivity contribution is 5.77. The van der Waals surface area contributed by atoms with Gasteiger partial charge in [0.25, 0.3) is 0 Å². The van der Waals surface area contributed by atoms with Gasteiger partial charge < -0.3 is 21.7 Å². The monoisotopic (exact) mass is 297 g/mol. The number of nitrogens with zero attached hydrogens (tertiary/aromatic N) is 3. The Morgan fingerprint density at radius 1 is 1.19 bits per heavy atom. The van der Waals surface area contributed by atoms with Crippen molar-refractivity contribution in [3.63, 3.8) is 0 Å². The summed E-state index contributed by atoms with van der Waals surface area (Å²) in [5.74, 6) is -0.687. The van der Waals surface area contributed by atoms with Crippen molar-refractivity contribution in [2.45, 2.75) is 20.0 Å². The zero-order valence-electron chi connectivity index (χ0n) is 11.8. The molecule has 0 saturated heterocycles. The minimum atomic E-state index is -0.291. The molecule has 0 fully saturated rings. The second-order valence-electron chi connectivity index (χ2n) is 4.22. The van der Waals surface area contributed by atoms with E-state index in [1.165, 1.54) is 11.6 Å². The van der Waals surface area contributed by atoms with Crippen molar-refractivity contribution < 1.29 is 14.4 Å². The summed E-state index contributed by atoms with van der Waals surface area (Å²) in [6.07, 6.45) is 1.56. The number of nitrogens with two attached hydrogens (primary N) is 1. The Morgan fingerprint density at radius 2 is 1.90 bits per heavy atom. The topological polar surface area (TPSA) is 144 Å². The van der Waals surface area contributed by atoms with Crippen molar-refractivity contribution in [3.05, 3.63) is 11.9 Å². The lowest BCUT2D eigenvalue weighted by Crippen LogP contribution is -2.35. The highest BCUT2D eigenvalue weighted by Crippen LogP contribution is 1.92. The van der Waals surface area contributed by atoms with Gasteiger partial charge in [0.15, 0.2) is 0 Å². The van der Waals surface area contributed by atoms with Gasteiger partial charge in [0, 0.05) is 20.0 Å². The molecule has 1 aromatic heterocycles. The molecule has 0 bridgehead atoms. The maximum Gasteiger partial charge on any atom is 0.241 e. The van der Waals surface area contributed by atoms with Gasteiger partial charge in [-0.25, -0.2) is 4.68 Å². The summed E-state index contributed by atoms with van der Waals surface area (Å²) >= 11 is 0. The van der Waals surface area contributed by atoms with Crippen molar-refractivity contribution in [2.75, 3.05) is 19.6 Å². The van der Waals surface area contributed by atoms with Gasteiger partial charge in [-0.3, -0.25) is 14.4 Å². The van der Waals surface area contributed by atoms with E-state index in [1.54, 1.807) is 6.20 Å². The van der Waals surface area contributed by atoms with Gasteiger partial charge >= 0.3 is 0 Å². The molecule has 21 heavy (non-hydrogen) atoms. The van der Waals surface area contributed by atoms with Gasteiger partial charge in [0.05, 0.1) is 19.3 Å². The third-order valence-corrected chi connectivity index (χ3v) is 2.36. The van der Waals surface area contributed by atoms with E-state index in [0.717, 1.165) is 0 Å². The molecule has 1 rings (SSSR count). The van der Waals surface area contributed by atoms with Crippen LogP contribution >= 0.6 is 0 Å². The van der Waals surface area contributed by atoms with Crippen LogP contribution < -0.4 is 21.7 Å². The summed E-state index contributed by atoms with van der Waals surface area (Å²) in [4.78, 5) is 33.2. The third-order valence-electron chi connectivity index (χ3n) is 2.36. The Hall–Kier alpha value is -2.49. The molecule has 0 unspecified atom stereocenters. The molecule has 1 heterocycles. The van der Waals surface area contributed by atoms with E-state index >= 15 is 0 Å². The molecule has 3 amide bonds.